The molecule has 0 spiro atoms. The molecule has 0 amide bonds. The van der Waals surface area contributed by atoms with Crippen LogP contribution in [0.25, 0.3) is 10.8 Å². The van der Waals surface area contributed by atoms with Gasteiger partial charge in [-0.25, -0.2) is 0 Å². The molecule has 0 N–H and O–H groups in total. The van der Waals surface area contributed by atoms with E-state index in [9.17, 15) is 4.79 Å². The molecule has 0 saturated heterocycles. The third kappa shape index (κ3) is 2.58. The highest BCUT2D eigenvalue weighted by molar-refractivity contribution is 5.91. The average Bonchev–Trinajstić information content (AvgIpc) is 2.92. The van der Waals surface area contributed by atoms with Crippen molar-refractivity contribution in [3.05, 3.63) is 72.2 Å². The van der Waals surface area contributed by atoms with Gasteiger partial charge in [0, 0.05) is 12.8 Å². The third-order valence-electron chi connectivity index (χ3n) is 3.25. The lowest BCUT2D eigenvalue weighted by molar-refractivity contribution is -0.117. The first kappa shape index (κ1) is 11.7. The molecule has 0 fully saturated rings. The number of fused-ring (bicyclic) bond motifs is 1. The van der Waals surface area contributed by atoms with Crippen LogP contribution in [0.15, 0.2) is 65.5 Å². The normalized spacial score (nSPS) is 10.7. The maximum absolute atomic E-state index is 12.1. The summed E-state index contributed by atoms with van der Waals surface area (Å²) in [6, 6.07) is 16.1. The van der Waals surface area contributed by atoms with Crippen molar-refractivity contribution in [2.75, 3.05) is 0 Å². The Morgan fingerprint density at radius 3 is 2.63 bits per heavy atom. The van der Waals surface area contributed by atoms with Crippen molar-refractivity contribution in [3.63, 3.8) is 0 Å². The van der Waals surface area contributed by atoms with E-state index in [-0.39, 0.29) is 5.78 Å². The Labute approximate surface area is 111 Å². The second kappa shape index (κ2) is 5.11. The number of carbonyl (C=O) groups is 1. The fraction of sp³-hybridized carbons (Fsp3) is 0.118. The van der Waals surface area contributed by atoms with E-state index in [0.717, 1.165) is 16.5 Å². The fourth-order valence-corrected chi connectivity index (χ4v) is 2.34. The molecule has 1 aromatic heterocycles. The van der Waals surface area contributed by atoms with E-state index in [2.05, 4.69) is 18.2 Å². The van der Waals surface area contributed by atoms with Crippen LogP contribution in [0.5, 0.6) is 0 Å². The summed E-state index contributed by atoms with van der Waals surface area (Å²) in [6.45, 7) is 0. The molecule has 0 aliphatic carbocycles. The summed E-state index contributed by atoms with van der Waals surface area (Å²) < 4.78 is 4.98. The van der Waals surface area contributed by atoms with E-state index in [0.29, 0.717) is 12.8 Å². The average molecular weight is 250 g/mol. The first-order valence-corrected chi connectivity index (χ1v) is 6.32. The summed E-state index contributed by atoms with van der Waals surface area (Å²) in [5.74, 6) is 0.206. The molecular formula is C17H14O2. The fourth-order valence-electron chi connectivity index (χ4n) is 2.34. The number of ketones is 1. The molecule has 2 heteroatoms. The summed E-state index contributed by atoms with van der Waals surface area (Å²) in [4.78, 5) is 12.1. The number of benzene rings is 2. The van der Waals surface area contributed by atoms with Crippen molar-refractivity contribution < 1.29 is 9.21 Å². The van der Waals surface area contributed by atoms with Gasteiger partial charge in [-0.3, -0.25) is 4.79 Å². The second-order valence-electron chi connectivity index (χ2n) is 4.66. The number of Topliss-reactive ketones (excluding diaryl/α,β-unsaturated/α-hetero) is 1. The molecule has 3 aromatic rings. The van der Waals surface area contributed by atoms with Crippen molar-refractivity contribution in [3.8, 4) is 0 Å². The van der Waals surface area contributed by atoms with Gasteiger partial charge in [-0.1, -0.05) is 42.5 Å². The van der Waals surface area contributed by atoms with E-state index in [1.54, 1.807) is 12.5 Å². The van der Waals surface area contributed by atoms with Crippen LogP contribution in [0.3, 0.4) is 0 Å². The molecule has 1 heterocycles. The van der Waals surface area contributed by atoms with Crippen molar-refractivity contribution >= 4 is 16.6 Å². The molecule has 0 aliphatic heterocycles. The van der Waals surface area contributed by atoms with Crippen molar-refractivity contribution in [1.82, 2.24) is 0 Å². The van der Waals surface area contributed by atoms with Crippen LogP contribution in [0, 0.1) is 0 Å². The summed E-state index contributed by atoms with van der Waals surface area (Å²) in [7, 11) is 0. The summed E-state index contributed by atoms with van der Waals surface area (Å²) in [5, 5.41) is 2.33. The van der Waals surface area contributed by atoms with Crippen molar-refractivity contribution in [2.45, 2.75) is 12.8 Å². The molecule has 0 atom stereocenters. The standard InChI is InChI=1S/C17H14O2/c18-16(10-13-8-9-19-12-13)11-15-6-3-5-14-4-1-2-7-17(14)15/h1-9,12H,10-11H2. The molecule has 0 bridgehead atoms. The monoisotopic (exact) mass is 250 g/mol. The number of rotatable bonds is 4. The molecule has 0 aliphatic rings. The quantitative estimate of drug-likeness (QED) is 0.705. The highest BCUT2D eigenvalue weighted by atomic mass is 16.3. The lowest BCUT2D eigenvalue weighted by atomic mass is 9.98. The van der Waals surface area contributed by atoms with Gasteiger partial charge in [-0.15, -0.1) is 0 Å². The van der Waals surface area contributed by atoms with Gasteiger partial charge in [0.25, 0.3) is 0 Å². The minimum absolute atomic E-state index is 0.206. The molecule has 94 valence electrons. The van der Waals surface area contributed by atoms with Gasteiger partial charge in [0.05, 0.1) is 12.5 Å². The topological polar surface area (TPSA) is 30.2 Å². The van der Waals surface area contributed by atoms with Gasteiger partial charge in [-0.2, -0.15) is 0 Å². The molecular weight excluding hydrogens is 236 g/mol. The van der Waals surface area contributed by atoms with Crippen molar-refractivity contribution in [2.24, 2.45) is 0 Å². The smallest absolute Gasteiger partial charge is 0.141 e. The maximum Gasteiger partial charge on any atom is 0.141 e. The van der Waals surface area contributed by atoms with Crippen LogP contribution in [0.2, 0.25) is 0 Å². The molecule has 0 unspecified atom stereocenters. The Morgan fingerprint density at radius 1 is 0.947 bits per heavy atom. The Bertz CT molecular complexity index is 691. The van der Waals surface area contributed by atoms with Gasteiger partial charge in [0.15, 0.2) is 0 Å². The minimum Gasteiger partial charge on any atom is -0.472 e. The Hall–Kier alpha value is -2.35. The van der Waals surface area contributed by atoms with Crippen LogP contribution >= 0.6 is 0 Å². The SMILES string of the molecule is O=C(Cc1ccoc1)Cc1cccc2ccccc12. The van der Waals surface area contributed by atoms with E-state index in [1.807, 2.05) is 30.3 Å². The number of furan rings is 1. The highest BCUT2D eigenvalue weighted by Crippen LogP contribution is 2.19. The van der Waals surface area contributed by atoms with Crippen LogP contribution in [-0.4, -0.2) is 5.78 Å². The Morgan fingerprint density at radius 2 is 1.79 bits per heavy atom. The van der Waals surface area contributed by atoms with Crippen LogP contribution in [-0.2, 0) is 17.6 Å². The predicted octanol–water partition coefficient (Wildman–Crippen LogP) is 3.79. The first-order chi connectivity index (χ1) is 9.33. The molecule has 3 rings (SSSR count). The zero-order chi connectivity index (χ0) is 13.1. The Balaban J connectivity index is 1.83. The van der Waals surface area contributed by atoms with Gasteiger partial charge in [0.2, 0.25) is 0 Å². The van der Waals surface area contributed by atoms with Crippen molar-refractivity contribution in [1.29, 1.82) is 0 Å². The highest BCUT2D eigenvalue weighted by Gasteiger charge is 2.08. The van der Waals surface area contributed by atoms with Crippen LogP contribution in [0.4, 0.5) is 0 Å². The van der Waals surface area contributed by atoms with E-state index >= 15 is 0 Å². The van der Waals surface area contributed by atoms with E-state index in [1.165, 1.54) is 5.39 Å². The number of hydrogen-bond acceptors (Lipinski definition) is 2. The van der Waals surface area contributed by atoms with E-state index < -0.39 is 0 Å². The zero-order valence-corrected chi connectivity index (χ0v) is 10.5. The predicted molar refractivity (Wildman–Crippen MR) is 75.1 cm³/mol. The summed E-state index contributed by atoms with van der Waals surface area (Å²) in [5.41, 5.74) is 2.02. The van der Waals surface area contributed by atoms with Gasteiger partial charge >= 0.3 is 0 Å². The van der Waals surface area contributed by atoms with Crippen LogP contribution in [0.1, 0.15) is 11.1 Å². The molecule has 2 nitrogen and oxygen atoms in total. The lowest BCUT2D eigenvalue weighted by Crippen LogP contribution is -2.06. The molecule has 19 heavy (non-hydrogen) atoms. The molecule has 0 saturated carbocycles. The largest absolute Gasteiger partial charge is 0.472 e. The van der Waals surface area contributed by atoms with Gasteiger partial charge in [-0.05, 0) is 28.0 Å². The zero-order valence-electron chi connectivity index (χ0n) is 10.5. The van der Waals surface area contributed by atoms with Gasteiger partial charge < -0.3 is 4.42 Å². The Kier molecular flexibility index (Phi) is 3.15. The number of carbonyl (C=O) groups excluding carboxylic acids is 1. The third-order valence-corrected chi connectivity index (χ3v) is 3.25. The summed E-state index contributed by atoms with van der Waals surface area (Å²) >= 11 is 0. The lowest BCUT2D eigenvalue weighted by Gasteiger charge is -2.05. The van der Waals surface area contributed by atoms with Gasteiger partial charge in [0.1, 0.15) is 5.78 Å². The van der Waals surface area contributed by atoms with E-state index in [4.69, 9.17) is 4.42 Å². The molecule has 0 radical (unpaired) electrons. The number of hydrogen-bond donors (Lipinski definition) is 0. The first-order valence-electron chi connectivity index (χ1n) is 6.32. The second-order valence-corrected chi connectivity index (χ2v) is 4.66. The minimum atomic E-state index is 0.206. The summed E-state index contributed by atoms with van der Waals surface area (Å²) in [6.07, 6.45) is 4.12. The maximum atomic E-state index is 12.1. The molecule has 2 aromatic carbocycles. The van der Waals surface area contributed by atoms with Crippen LogP contribution < -0.4 is 0 Å².